The molecule has 2 heterocycles. The van der Waals surface area contributed by atoms with Crippen LogP contribution in [-0.4, -0.2) is 34.3 Å². The average molecular weight is 278 g/mol. The average Bonchev–Trinajstić information content (AvgIpc) is 2.50. The van der Waals surface area contributed by atoms with Gasteiger partial charge in [0.25, 0.3) is 0 Å². The van der Waals surface area contributed by atoms with Crippen LogP contribution in [0.4, 0.5) is 0 Å². The third-order valence-electron chi connectivity index (χ3n) is 3.93. The van der Waals surface area contributed by atoms with Crippen molar-refractivity contribution in [3.05, 3.63) is 18.0 Å². The molecule has 0 radical (unpaired) electrons. The Morgan fingerprint density at radius 2 is 1.85 bits per heavy atom. The zero-order valence-corrected chi connectivity index (χ0v) is 12.1. The molecule has 0 atom stereocenters. The number of aromatic nitrogens is 1. The first-order valence-corrected chi connectivity index (χ1v) is 6.44. The summed E-state index contributed by atoms with van der Waals surface area (Å²) in [6, 6.07) is 0. The van der Waals surface area contributed by atoms with Crippen LogP contribution in [0, 0.1) is 0 Å². The fraction of sp³-hybridized carbons (Fsp3) is 0.538. The minimum Gasteiger partial charge on any atom is -0.506 e. The molecule has 0 bridgehead atoms. The minimum atomic E-state index is -0.686. The van der Waals surface area contributed by atoms with Crippen LogP contribution in [0.25, 0.3) is 0 Å². The van der Waals surface area contributed by atoms with E-state index in [2.05, 4.69) is 4.98 Å². The van der Waals surface area contributed by atoms with Gasteiger partial charge in [0.05, 0.1) is 23.8 Å². The highest BCUT2D eigenvalue weighted by molar-refractivity contribution is 6.62. The number of carbonyl (C=O) groups is 1. The molecule has 0 unspecified atom stereocenters. The molecule has 108 valence electrons. The maximum Gasteiger partial charge on any atom is 0.496 e. The maximum absolute atomic E-state index is 11.2. The third-order valence-corrected chi connectivity index (χ3v) is 3.93. The topological polar surface area (TPSA) is 94.7 Å². The number of hydrogen-bond donors (Lipinski definition) is 2. The van der Waals surface area contributed by atoms with E-state index in [9.17, 15) is 9.90 Å². The predicted molar refractivity (Wildman–Crippen MR) is 74.5 cm³/mol. The van der Waals surface area contributed by atoms with Crippen molar-refractivity contribution < 1.29 is 19.2 Å². The monoisotopic (exact) mass is 278 g/mol. The van der Waals surface area contributed by atoms with E-state index in [-0.39, 0.29) is 12.2 Å². The van der Waals surface area contributed by atoms with Crippen LogP contribution < -0.4 is 11.2 Å². The van der Waals surface area contributed by atoms with Crippen molar-refractivity contribution in [1.29, 1.82) is 0 Å². The molecule has 6 nitrogen and oxygen atoms in total. The summed E-state index contributed by atoms with van der Waals surface area (Å²) in [5.74, 6) is -0.625. The van der Waals surface area contributed by atoms with Crippen molar-refractivity contribution in [3.63, 3.8) is 0 Å². The molecule has 0 saturated carbocycles. The van der Waals surface area contributed by atoms with Crippen LogP contribution in [0.1, 0.15) is 33.3 Å². The summed E-state index contributed by atoms with van der Waals surface area (Å²) in [6.45, 7) is 7.71. The van der Waals surface area contributed by atoms with E-state index in [0.717, 1.165) is 0 Å². The molecule has 1 saturated heterocycles. The second-order valence-electron chi connectivity index (χ2n) is 5.96. The van der Waals surface area contributed by atoms with Crippen molar-refractivity contribution in [2.24, 2.45) is 5.73 Å². The quantitative estimate of drug-likeness (QED) is 0.765. The Morgan fingerprint density at radius 1 is 1.30 bits per heavy atom. The zero-order chi connectivity index (χ0) is 15.1. The van der Waals surface area contributed by atoms with Gasteiger partial charge < -0.3 is 20.1 Å². The predicted octanol–water partition coefficient (Wildman–Crippen LogP) is 0.114. The number of rotatable bonds is 3. The summed E-state index contributed by atoms with van der Waals surface area (Å²) in [5.41, 5.74) is 5.13. The van der Waals surface area contributed by atoms with Crippen molar-refractivity contribution in [3.8, 4) is 5.75 Å². The lowest BCUT2D eigenvalue weighted by molar-refractivity contribution is -0.117. The van der Waals surface area contributed by atoms with Crippen molar-refractivity contribution in [2.45, 2.75) is 45.3 Å². The molecule has 0 aliphatic carbocycles. The number of hydrogen-bond acceptors (Lipinski definition) is 5. The van der Waals surface area contributed by atoms with E-state index in [1.807, 2.05) is 27.7 Å². The van der Waals surface area contributed by atoms with Crippen molar-refractivity contribution in [1.82, 2.24) is 4.98 Å². The molecule has 0 spiro atoms. The van der Waals surface area contributed by atoms with Gasteiger partial charge in [0, 0.05) is 17.2 Å². The van der Waals surface area contributed by atoms with Crippen LogP contribution in [0.3, 0.4) is 0 Å². The van der Waals surface area contributed by atoms with E-state index in [0.29, 0.717) is 11.0 Å². The molecule has 1 amide bonds. The SMILES string of the molecule is CC1(C)OB(c2cncc(O)c2CC(N)=O)OC1(C)C. The van der Waals surface area contributed by atoms with Gasteiger partial charge in [0.15, 0.2) is 0 Å². The van der Waals surface area contributed by atoms with Crippen molar-refractivity contribution in [2.75, 3.05) is 0 Å². The molecular weight excluding hydrogens is 259 g/mol. The molecule has 2 rings (SSSR count). The normalized spacial score (nSPS) is 20.1. The molecule has 7 heteroatoms. The Bertz CT molecular complexity index is 529. The summed E-state index contributed by atoms with van der Waals surface area (Å²) in [6.07, 6.45) is 2.71. The molecule has 1 aliphatic heterocycles. The van der Waals surface area contributed by atoms with Crippen LogP contribution in [0.2, 0.25) is 0 Å². The Labute approximate surface area is 118 Å². The van der Waals surface area contributed by atoms with Crippen LogP contribution in [0.5, 0.6) is 5.75 Å². The number of pyridine rings is 1. The first-order chi connectivity index (χ1) is 9.14. The summed E-state index contributed by atoms with van der Waals surface area (Å²) >= 11 is 0. The number of primary amides is 1. The largest absolute Gasteiger partial charge is 0.506 e. The van der Waals surface area contributed by atoms with E-state index in [4.69, 9.17) is 15.0 Å². The zero-order valence-electron chi connectivity index (χ0n) is 12.1. The Morgan fingerprint density at radius 3 is 2.35 bits per heavy atom. The van der Waals surface area contributed by atoms with Gasteiger partial charge in [0.2, 0.25) is 5.91 Å². The van der Waals surface area contributed by atoms with E-state index < -0.39 is 24.2 Å². The van der Waals surface area contributed by atoms with Crippen LogP contribution >= 0.6 is 0 Å². The molecule has 20 heavy (non-hydrogen) atoms. The van der Waals surface area contributed by atoms with Crippen molar-refractivity contribution >= 4 is 18.5 Å². The van der Waals surface area contributed by atoms with Gasteiger partial charge in [0.1, 0.15) is 5.75 Å². The van der Waals surface area contributed by atoms with Crippen LogP contribution in [0.15, 0.2) is 12.4 Å². The first kappa shape index (κ1) is 14.8. The lowest BCUT2D eigenvalue weighted by Crippen LogP contribution is -2.41. The second kappa shape index (κ2) is 4.75. The molecule has 1 aliphatic rings. The summed E-state index contributed by atoms with van der Waals surface area (Å²) in [4.78, 5) is 15.1. The highest BCUT2D eigenvalue weighted by atomic mass is 16.7. The smallest absolute Gasteiger partial charge is 0.496 e. The number of amides is 1. The van der Waals surface area contributed by atoms with Gasteiger partial charge in [-0.2, -0.15) is 0 Å². The van der Waals surface area contributed by atoms with Gasteiger partial charge in [-0.1, -0.05) is 0 Å². The number of aromatic hydroxyl groups is 1. The van der Waals surface area contributed by atoms with Gasteiger partial charge in [-0.3, -0.25) is 9.78 Å². The number of carbonyl (C=O) groups excluding carboxylic acids is 1. The highest BCUT2D eigenvalue weighted by Gasteiger charge is 2.52. The fourth-order valence-electron chi connectivity index (χ4n) is 2.03. The van der Waals surface area contributed by atoms with Crippen LogP contribution in [-0.2, 0) is 20.5 Å². The molecule has 1 fully saturated rings. The Hall–Kier alpha value is -1.60. The minimum absolute atomic E-state index is 0.0870. The van der Waals surface area contributed by atoms with Gasteiger partial charge in [-0.25, -0.2) is 0 Å². The molecule has 1 aromatic rings. The molecule has 1 aromatic heterocycles. The molecule has 3 N–H and O–H groups in total. The van der Waals surface area contributed by atoms with E-state index >= 15 is 0 Å². The lowest BCUT2D eigenvalue weighted by atomic mass is 9.76. The lowest BCUT2D eigenvalue weighted by Gasteiger charge is -2.32. The number of nitrogens with two attached hydrogens (primary N) is 1. The third kappa shape index (κ3) is 2.51. The summed E-state index contributed by atoms with van der Waals surface area (Å²) in [5, 5.41) is 9.88. The number of nitrogens with zero attached hydrogens (tertiary/aromatic N) is 1. The standard InChI is InChI=1S/C13H19BN2O4/c1-12(2)13(3,4)20-14(19-12)9-6-16-7-10(17)8(9)5-11(15)18/h6-7,17H,5H2,1-4H3,(H2,15,18). The van der Waals surface area contributed by atoms with Gasteiger partial charge in [-0.15, -0.1) is 0 Å². The van der Waals surface area contributed by atoms with E-state index in [1.165, 1.54) is 12.4 Å². The maximum atomic E-state index is 11.2. The molecular formula is C13H19BN2O4. The molecule has 0 aromatic carbocycles. The highest BCUT2D eigenvalue weighted by Crippen LogP contribution is 2.37. The van der Waals surface area contributed by atoms with E-state index in [1.54, 1.807) is 0 Å². The summed E-state index contributed by atoms with van der Waals surface area (Å²) in [7, 11) is -0.686. The second-order valence-corrected chi connectivity index (χ2v) is 5.96. The summed E-state index contributed by atoms with van der Waals surface area (Å²) < 4.78 is 11.8. The first-order valence-electron chi connectivity index (χ1n) is 6.44. The fourth-order valence-corrected chi connectivity index (χ4v) is 2.03. The Kier molecular flexibility index (Phi) is 3.52. The Balaban J connectivity index is 2.40. The van der Waals surface area contributed by atoms with Gasteiger partial charge in [-0.05, 0) is 27.7 Å². The van der Waals surface area contributed by atoms with Gasteiger partial charge >= 0.3 is 7.12 Å².